The molecule has 1 aliphatic rings. The van der Waals surface area contributed by atoms with Crippen LogP contribution in [0.2, 0.25) is 0 Å². The Morgan fingerprint density at radius 3 is 2.37 bits per heavy atom. The van der Waals surface area contributed by atoms with E-state index in [0.717, 1.165) is 6.33 Å². The lowest BCUT2D eigenvalue weighted by Crippen LogP contribution is -2.33. The second kappa shape index (κ2) is 10.4. The molecular weight excluding hydrogens is 476 g/mol. The third kappa shape index (κ3) is 6.14. The van der Waals surface area contributed by atoms with E-state index >= 15 is 0 Å². The predicted octanol–water partition coefficient (Wildman–Crippen LogP) is -3.28. The number of nitrogens with zero attached hydrogens (tertiary/aromatic N) is 4. The van der Waals surface area contributed by atoms with E-state index in [4.69, 9.17) is 20.3 Å². The Labute approximate surface area is 174 Å². The van der Waals surface area contributed by atoms with Gasteiger partial charge in [-0.25, -0.2) is 24.1 Å². The zero-order valence-corrected chi connectivity index (χ0v) is 17.5. The summed E-state index contributed by atoms with van der Waals surface area (Å²) in [6.07, 6.45) is -3.20. The molecule has 5 atom stereocenters. The molecule has 0 saturated carbocycles. The number of hydrogen-bond donors (Lipinski definition) is 6. The quantitative estimate of drug-likeness (QED) is 0.213. The topological polar surface area (TPSA) is 296 Å². The summed E-state index contributed by atoms with van der Waals surface area (Å²) in [5.41, 5.74) is 6.11. The largest absolute Gasteiger partial charge is 0.481 e. The van der Waals surface area contributed by atoms with Crippen LogP contribution in [0.1, 0.15) is 6.23 Å². The lowest BCUT2D eigenvalue weighted by molar-refractivity contribution is -0.0503. The number of aliphatic hydroxyl groups excluding tert-OH is 2. The van der Waals surface area contributed by atoms with Gasteiger partial charge in [0.05, 0.1) is 12.9 Å². The third-order valence-corrected chi connectivity index (χ3v) is 5.76. The van der Waals surface area contributed by atoms with E-state index in [0.29, 0.717) is 0 Å². The van der Waals surface area contributed by atoms with Gasteiger partial charge in [-0.05, 0) is 0 Å². The van der Waals surface area contributed by atoms with Crippen LogP contribution in [0.15, 0.2) is 12.7 Å². The van der Waals surface area contributed by atoms with E-state index in [1.807, 2.05) is 0 Å². The molecule has 3 heterocycles. The van der Waals surface area contributed by atoms with Gasteiger partial charge in [-0.3, -0.25) is 9.09 Å². The number of aliphatic hydroxyl groups is 2. The van der Waals surface area contributed by atoms with Crippen molar-refractivity contribution in [2.75, 3.05) is 12.3 Å². The summed E-state index contributed by atoms with van der Waals surface area (Å²) in [7, 11) is -10.4. The predicted molar refractivity (Wildman–Crippen MR) is 102 cm³/mol. The van der Waals surface area contributed by atoms with Gasteiger partial charge in [0.15, 0.2) is 17.7 Å². The van der Waals surface area contributed by atoms with Crippen LogP contribution in [-0.2, 0) is 22.7 Å². The maximum Gasteiger partial charge on any atom is 0.481 e. The van der Waals surface area contributed by atoms with Crippen LogP contribution >= 0.6 is 29.1 Å². The summed E-state index contributed by atoms with van der Waals surface area (Å²) in [4.78, 5) is 38.1. The lowest BCUT2D eigenvalue weighted by atomic mass is 10.1. The average Bonchev–Trinajstić information content (AvgIpc) is 3.07. The number of ether oxygens (including phenoxy) is 1. The second-order valence-electron chi connectivity index (χ2n) is 5.47. The van der Waals surface area contributed by atoms with Crippen molar-refractivity contribution < 1.29 is 58.5 Å². The normalized spacial score (nSPS) is 25.6. The lowest BCUT2D eigenvalue weighted by Gasteiger charge is -2.17. The van der Waals surface area contributed by atoms with Gasteiger partial charge in [0.1, 0.15) is 30.2 Å². The first-order chi connectivity index (χ1) is 12.5. The first-order valence-electron chi connectivity index (χ1n) is 7.17. The van der Waals surface area contributed by atoms with Crippen molar-refractivity contribution in [2.24, 2.45) is 0 Å². The third-order valence-electron chi connectivity index (χ3n) is 3.61. The van der Waals surface area contributed by atoms with Crippen LogP contribution in [0.5, 0.6) is 0 Å². The second-order valence-corrected chi connectivity index (χ2v) is 8.30. The van der Waals surface area contributed by atoms with Crippen molar-refractivity contribution in [3.05, 3.63) is 12.7 Å². The van der Waals surface area contributed by atoms with Gasteiger partial charge in [0.25, 0.3) is 0 Å². The highest BCUT2D eigenvalue weighted by Gasteiger charge is 2.46. The van der Waals surface area contributed by atoms with Gasteiger partial charge in [0, 0.05) is 0 Å². The zero-order chi connectivity index (χ0) is 20.0. The molecule has 0 amide bonds. The van der Waals surface area contributed by atoms with E-state index in [-0.39, 0.29) is 41.4 Å². The van der Waals surface area contributed by atoms with E-state index in [2.05, 4.69) is 23.8 Å². The number of anilines is 1. The zero-order valence-electron chi connectivity index (χ0n) is 14.7. The van der Waals surface area contributed by atoms with Crippen molar-refractivity contribution in [2.45, 2.75) is 24.5 Å². The minimum Gasteiger partial charge on any atom is -0.412 e. The molecule has 0 bridgehead atoms. The fourth-order valence-corrected chi connectivity index (χ4v) is 4.08. The number of fused-ring (bicyclic) bond motifs is 1. The molecule has 11 N–H and O–H groups in total. The summed E-state index contributed by atoms with van der Waals surface area (Å²) >= 11 is 0. The standard InChI is InChI=1S/C10H15N5O10P2.2H2O.H2S/c11-8-5-9(13-2-12-8)15(3-14-5)10-7(17)6(16)4(24-10)1-23-27(21,22)25-26(18,19)20;;;/h2-4,6-7,10,16-17H,1H2,(H,21,22)(H2,11,12,13)(H2,18,19,20);3*1H2/t4-,6-,7-,10-;;;/m1.../s1. The molecule has 17 nitrogen and oxygen atoms in total. The van der Waals surface area contributed by atoms with Gasteiger partial charge in [-0.2, -0.15) is 17.8 Å². The summed E-state index contributed by atoms with van der Waals surface area (Å²) in [5, 5.41) is 20.3. The SMILES string of the molecule is Nc1ncnc2c1ncn2[C@@H]1O[C@H](COP(=O)(O)OP(=O)(O)O)[C@@H](O)[C@H]1O.O.O.S. The molecule has 2 aromatic heterocycles. The van der Waals surface area contributed by atoms with Crippen LogP contribution in [0, 0.1) is 0 Å². The molecule has 1 saturated heterocycles. The molecule has 0 aromatic carbocycles. The number of aromatic nitrogens is 4. The van der Waals surface area contributed by atoms with E-state index in [9.17, 15) is 24.2 Å². The first-order valence-corrected chi connectivity index (χ1v) is 10.2. The average molecular weight is 497 g/mol. The van der Waals surface area contributed by atoms with Crippen molar-refractivity contribution >= 4 is 46.1 Å². The first kappa shape index (κ1) is 28.8. The molecule has 30 heavy (non-hydrogen) atoms. The van der Waals surface area contributed by atoms with Crippen LogP contribution in [0.4, 0.5) is 5.82 Å². The Morgan fingerprint density at radius 1 is 1.13 bits per heavy atom. The molecule has 174 valence electrons. The highest BCUT2D eigenvalue weighted by molar-refractivity contribution is 7.60. The Hall–Kier alpha value is -1.24. The van der Waals surface area contributed by atoms with Crippen molar-refractivity contribution in [1.82, 2.24) is 19.5 Å². The minimum atomic E-state index is -5.29. The van der Waals surface area contributed by atoms with E-state index < -0.39 is 46.8 Å². The maximum absolute atomic E-state index is 11.5. The monoisotopic (exact) mass is 497 g/mol. The summed E-state index contributed by atoms with van der Waals surface area (Å²) in [6.45, 7) is -0.813. The molecule has 1 unspecified atom stereocenters. The van der Waals surface area contributed by atoms with Crippen LogP contribution in [0.25, 0.3) is 11.2 Å². The Balaban J connectivity index is 0.00000280. The van der Waals surface area contributed by atoms with Crippen molar-refractivity contribution in [3.63, 3.8) is 0 Å². The maximum atomic E-state index is 11.5. The molecule has 0 spiro atoms. The number of nitrogens with two attached hydrogens (primary N) is 1. The van der Waals surface area contributed by atoms with Crippen LogP contribution < -0.4 is 5.73 Å². The number of rotatable bonds is 6. The van der Waals surface area contributed by atoms with Gasteiger partial charge < -0.3 is 46.3 Å². The number of hydrogen-bond acceptors (Lipinski definition) is 11. The summed E-state index contributed by atoms with van der Waals surface area (Å²) in [5.74, 6) is 0.0856. The fourth-order valence-electron chi connectivity index (χ4n) is 2.48. The number of phosphoric ester groups is 1. The summed E-state index contributed by atoms with van der Waals surface area (Å²) in [6, 6.07) is 0. The molecule has 1 fully saturated rings. The summed E-state index contributed by atoms with van der Waals surface area (Å²) < 4.78 is 36.8. The molecule has 0 aliphatic carbocycles. The molecular formula is C10H21N5O12P2S. The molecule has 2 aromatic rings. The Kier molecular flexibility index (Phi) is 9.95. The van der Waals surface area contributed by atoms with Gasteiger partial charge in [-0.1, -0.05) is 0 Å². The number of nitrogen functional groups attached to an aromatic ring is 1. The highest BCUT2D eigenvalue weighted by atomic mass is 32.1. The Morgan fingerprint density at radius 2 is 1.77 bits per heavy atom. The smallest absolute Gasteiger partial charge is 0.412 e. The minimum absolute atomic E-state index is 0. The molecule has 1 aliphatic heterocycles. The van der Waals surface area contributed by atoms with E-state index in [1.165, 1.54) is 10.9 Å². The number of phosphoric acid groups is 2. The van der Waals surface area contributed by atoms with Gasteiger partial charge >= 0.3 is 15.6 Å². The number of imidazole rings is 1. The van der Waals surface area contributed by atoms with Gasteiger partial charge in [-0.15, -0.1) is 0 Å². The molecule has 3 rings (SSSR count). The fraction of sp³-hybridized carbons (Fsp3) is 0.500. The van der Waals surface area contributed by atoms with Crippen LogP contribution in [0.3, 0.4) is 0 Å². The van der Waals surface area contributed by atoms with Crippen molar-refractivity contribution in [3.8, 4) is 0 Å². The van der Waals surface area contributed by atoms with Crippen LogP contribution in [-0.4, -0.2) is 80.3 Å². The molecule has 0 radical (unpaired) electrons. The Bertz CT molecular complexity index is 941. The van der Waals surface area contributed by atoms with E-state index in [1.54, 1.807) is 0 Å². The highest BCUT2D eigenvalue weighted by Crippen LogP contribution is 2.57. The molecule has 20 heteroatoms. The van der Waals surface area contributed by atoms with Crippen molar-refractivity contribution in [1.29, 1.82) is 0 Å². The van der Waals surface area contributed by atoms with Gasteiger partial charge in [0.2, 0.25) is 0 Å².